The molecule has 5 heteroatoms. The van der Waals surface area contributed by atoms with Crippen molar-refractivity contribution in [3.8, 4) is 16.9 Å². The number of amides is 1. The number of benzene rings is 3. The Morgan fingerprint density at radius 3 is 2.14 bits per heavy atom. The van der Waals surface area contributed by atoms with Gasteiger partial charge < -0.3 is 15.0 Å². The maximum Gasteiger partial charge on any atom is 0.251 e. The summed E-state index contributed by atoms with van der Waals surface area (Å²) in [4.78, 5) is 14.7. The summed E-state index contributed by atoms with van der Waals surface area (Å²) in [6, 6.07) is 25.6. The number of halogens is 1. The molecule has 1 saturated heterocycles. The van der Waals surface area contributed by atoms with Crippen LogP contribution in [0.1, 0.15) is 42.6 Å². The number of ether oxygens (including phenoxy) is 1. The quantitative estimate of drug-likeness (QED) is 0.406. The van der Waals surface area contributed by atoms with Crippen molar-refractivity contribution >= 4 is 5.91 Å². The van der Waals surface area contributed by atoms with Crippen molar-refractivity contribution in [2.75, 3.05) is 26.2 Å². The van der Waals surface area contributed by atoms with Gasteiger partial charge in [-0.2, -0.15) is 0 Å². The molecule has 184 valence electrons. The summed E-state index contributed by atoms with van der Waals surface area (Å²) in [5, 5.41) is 2.96. The zero-order valence-electron chi connectivity index (χ0n) is 20.7. The van der Waals surface area contributed by atoms with Gasteiger partial charge in [0.2, 0.25) is 0 Å². The molecule has 3 aromatic carbocycles. The number of alkyl halides is 1. The predicted molar refractivity (Wildman–Crippen MR) is 139 cm³/mol. The van der Waals surface area contributed by atoms with Crippen LogP contribution in [0.2, 0.25) is 0 Å². The second-order valence-electron chi connectivity index (χ2n) is 10.0. The van der Waals surface area contributed by atoms with Crippen molar-refractivity contribution in [3.05, 3.63) is 90.0 Å². The Morgan fingerprint density at radius 1 is 0.943 bits per heavy atom. The highest BCUT2D eigenvalue weighted by molar-refractivity contribution is 5.94. The van der Waals surface area contributed by atoms with Gasteiger partial charge in [-0.1, -0.05) is 54.6 Å². The zero-order valence-corrected chi connectivity index (χ0v) is 20.7. The number of rotatable bonds is 9. The van der Waals surface area contributed by atoms with Gasteiger partial charge in [-0.05, 0) is 86.7 Å². The third kappa shape index (κ3) is 7.66. The Balaban J connectivity index is 1.24. The van der Waals surface area contributed by atoms with E-state index in [0.29, 0.717) is 31.2 Å². The highest BCUT2D eigenvalue weighted by Gasteiger charge is 2.25. The normalized spacial score (nSPS) is 15.1. The molecule has 0 spiro atoms. The van der Waals surface area contributed by atoms with Crippen LogP contribution in [0.15, 0.2) is 78.9 Å². The molecule has 1 heterocycles. The summed E-state index contributed by atoms with van der Waals surface area (Å²) in [5.74, 6) is 1.29. The Morgan fingerprint density at radius 2 is 1.54 bits per heavy atom. The van der Waals surface area contributed by atoms with Gasteiger partial charge in [0.15, 0.2) is 0 Å². The largest absolute Gasteiger partial charge is 0.493 e. The van der Waals surface area contributed by atoms with Crippen LogP contribution in [-0.4, -0.2) is 42.7 Å². The maximum atomic E-state index is 13.9. The van der Waals surface area contributed by atoms with Gasteiger partial charge in [0.1, 0.15) is 11.4 Å². The van der Waals surface area contributed by atoms with Gasteiger partial charge in [0.25, 0.3) is 5.91 Å². The zero-order chi connectivity index (χ0) is 24.7. The topological polar surface area (TPSA) is 41.6 Å². The van der Waals surface area contributed by atoms with E-state index < -0.39 is 5.67 Å². The van der Waals surface area contributed by atoms with Crippen molar-refractivity contribution in [2.24, 2.45) is 5.92 Å². The SMILES string of the molecule is CC(C)(F)CN1CCC(COc2ccc(-c3ccc(C(=O)NCc4ccccc4)cc3)cc2)CC1. The third-order valence-electron chi connectivity index (χ3n) is 6.42. The maximum absolute atomic E-state index is 13.9. The van der Waals surface area contributed by atoms with Gasteiger partial charge in [-0.15, -0.1) is 0 Å². The monoisotopic (exact) mass is 474 g/mol. The molecule has 1 aliphatic rings. The van der Waals surface area contributed by atoms with E-state index >= 15 is 0 Å². The summed E-state index contributed by atoms with van der Waals surface area (Å²) in [6.07, 6.45) is 2.08. The first-order chi connectivity index (χ1) is 16.9. The van der Waals surface area contributed by atoms with Crippen LogP contribution in [0.3, 0.4) is 0 Å². The van der Waals surface area contributed by atoms with Crippen LogP contribution < -0.4 is 10.1 Å². The van der Waals surface area contributed by atoms with Crippen molar-refractivity contribution in [2.45, 2.75) is 38.9 Å². The minimum atomic E-state index is -1.14. The molecule has 0 saturated carbocycles. The van der Waals surface area contributed by atoms with E-state index in [4.69, 9.17) is 4.74 Å². The van der Waals surface area contributed by atoms with E-state index in [1.807, 2.05) is 78.9 Å². The lowest BCUT2D eigenvalue weighted by molar-refractivity contribution is 0.0836. The number of hydrogen-bond donors (Lipinski definition) is 1. The fourth-order valence-corrected chi connectivity index (χ4v) is 4.49. The molecule has 3 aromatic rings. The van der Waals surface area contributed by atoms with Gasteiger partial charge in [-0.3, -0.25) is 4.79 Å². The molecular weight excluding hydrogens is 439 g/mol. The van der Waals surface area contributed by atoms with E-state index in [9.17, 15) is 9.18 Å². The molecule has 0 aliphatic carbocycles. The fourth-order valence-electron chi connectivity index (χ4n) is 4.49. The summed E-state index contributed by atoms with van der Waals surface area (Å²) >= 11 is 0. The second-order valence-corrected chi connectivity index (χ2v) is 10.0. The molecule has 1 aliphatic heterocycles. The molecule has 0 aromatic heterocycles. The first-order valence-electron chi connectivity index (χ1n) is 12.4. The van der Waals surface area contributed by atoms with E-state index in [1.165, 1.54) is 0 Å². The van der Waals surface area contributed by atoms with E-state index in [0.717, 1.165) is 48.4 Å². The second kappa shape index (κ2) is 11.5. The van der Waals surface area contributed by atoms with Crippen LogP contribution in [-0.2, 0) is 6.54 Å². The summed E-state index contributed by atoms with van der Waals surface area (Å²) < 4.78 is 19.9. The smallest absolute Gasteiger partial charge is 0.251 e. The predicted octanol–water partition coefficient (Wildman–Crippen LogP) is 6.12. The average molecular weight is 475 g/mol. The molecule has 0 unspecified atom stereocenters. The lowest BCUT2D eigenvalue weighted by Gasteiger charge is -2.34. The van der Waals surface area contributed by atoms with Crippen LogP contribution in [0.4, 0.5) is 4.39 Å². The first kappa shape index (κ1) is 24.9. The van der Waals surface area contributed by atoms with Gasteiger partial charge in [0, 0.05) is 18.7 Å². The van der Waals surface area contributed by atoms with Crippen LogP contribution >= 0.6 is 0 Å². The fraction of sp³-hybridized carbons (Fsp3) is 0.367. The molecule has 0 bridgehead atoms. The molecule has 4 rings (SSSR count). The van der Waals surface area contributed by atoms with Gasteiger partial charge in [0.05, 0.1) is 6.61 Å². The molecule has 1 N–H and O–H groups in total. The Bertz CT molecular complexity index is 1070. The van der Waals surface area contributed by atoms with Crippen LogP contribution in [0, 0.1) is 5.92 Å². The molecule has 1 amide bonds. The minimum absolute atomic E-state index is 0.0802. The van der Waals surface area contributed by atoms with E-state index in [1.54, 1.807) is 13.8 Å². The lowest BCUT2D eigenvalue weighted by Crippen LogP contribution is -2.41. The Labute approximate surface area is 208 Å². The number of carbonyl (C=O) groups excluding carboxylic acids is 1. The Kier molecular flexibility index (Phi) is 8.19. The van der Waals surface area contributed by atoms with Crippen molar-refractivity contribution in [3.63, 3.8) is 0 Å². The van der Waals surface area contributed by atoms with Crippen molar-refractivity contribution in [1.29, 1.82) is 0 Å². The van der Waals surface area contributed by atoms with E-state index in [-0.39, 0.29) is 5.91 Å². The minimum Gasteiger partial charge on any atom is -0.493 e. The highest BCUT2D eigenvalue weighted by atomic mass is 19.1. The highest BCUT2D eigenvalue weighted by Crippen LogP contribution is 2.25. The molecule has 4 nitrogen and oxygen atoms in total. The summed E-state index contributed by atoms with van der Waals surface area (Å²) in [5.41, 5.74) is 2.71. The number of hydrogen-bond acceptors (Lipinski definition) is 3. The number of nitrogens with one attached hydrogen (secondary N) is 1. The van der Waals surface area contributed by atoms with Crippen LogP contribution in [0.5, 0.6) is 5.75 Å². The standard InChI is InChI=1S/C30H35FN2O2/c1-30(2,31)22-33-18-16-24(17-19-33)21-35-28-14-12-26(13-15-28)25-8-10-27(11-9-25)29(34)32-20-23-6-4-3-5-7-23/h3-15,24H,16-22H2,1-2H3,(H,32,34). The lowest BCUT2D eigenvalue weighted by atomic mass is 9.97. The Hall–Kier alpha value is -3.18. The summed E-state index contributed by atoms with van der Waals surface area (Å²) in [6.45, 7) is 6.85. The summed E-state index contributed by atoms with van der Waals surface area (Å²) in [7, 11) is 0. The number of nitrogens with zero attached hydrogens (tertiary/aromatic N) is 1. The van der Waals surface area contributed by atoms with Crippen LogP contribution in [0.25, 0.3) is 11.1 Å². The molecule has 0 radical (unpaired) electrons. The number of carbonyl (C=O) groups is 1. The van der Waals surface area contributed by atoms with Gasteiger partial charge in [-0.25, -0.2) is 4.39 Å². The van der Waals surface area contributed by atoms with Gasteiger partial charge >= 0.3 is 0 Å². The third-order valence-corrected chi connectivity index (χ3v) is 6.42. The molecule has 1 fully saturated rings. The molecular formula is C30H35FN2O2. The number of piperidine rings is 1. The van der Waals surface area contributed by atoms with Crippen molar-refractivity contribution < 1.29 is 13.9 Å². The van der Waals surface area contributed by atoms with E-state index in [2.05, 4.69) is 10.2 Å². The number of likely N-dealkylation sites (tertiary alicyclic amines) is 1. The molecule has 35 heavy (non-hydrogen) atoms. The first-order valence-corrected chi connectivity index (χ1v) is 12.4. The average Bonchev–Trinajstić information content (AvgIpc) is 2.87. The van der Waals surface area contributed by atoms with Crippen molar-refractivity contribution in [1.82, 2.24) is 10.2 Å². The molecule has 0 atom stereocenters.